The van der Waals surface area contributed by atoms with Gasteiger partial charge in [0, 0.05) is 18.2 Å². The molecule has 2 aromatic rings. The van der Waals surface area contributed by atoms with Crippen molar-refractivity contribution in [3.63, 3.8) is 0 Å². The Labute approximate surface area is 148 Å². The van der Waals surface area contributed by atoms with Gasteiger partial charge in [-0.25, -0.2) is 0 Å². The summed E-state index contributed by atoms with van der Waals surface area (Å²) in [7, 11) is 1.53. The summed E-state index contributed by atoms with van der Waals surface area (Å²) in [6, 6.07) is 11.6. The van der Waals surface area contributed by atoms with Crippen molar-refractivity contribution in [1.29, 1.82) is 0 Å². The number of methoxy groups -OCH3 is 1. The number of amides is 1. The SMILES string of the molecule is COc1ccccc1NC(=O)CCSc1c(Cl)cccc1[N+](=O)[O-]. The molecule has 2 rings (SSSR count). The molecule has 126 valence electrons. The molecule has 0 bridgehead atoms. The van der Waals surface area contributed by atoms with Gasteiger partial charge in [-0.1, -0.05) is 29.8 Å². The lowest BCUT2D eigenvalue weighted by Gasteiger charge is -2.10. The second kappa shape index (κ2) is 8.56. The number of nitro groups is 1. The van der Waals surface area contributed by atoms with E-state index >= 15 is 0 Å². The lowest BCUT2D eigenvalue weighted by atomic mass is 10.3. The van der Waals surface area contributed by atoms with E-state index in [1.54, 1.807) is 30.3 Å². The Balaban J connectivity index is 1.95. The van der Waals surface area contributed by atoms with E-state index < -0.39 is 4.92 Å². The first-order chi connectivity index (χ1) is 11.5. The van der Waals surface area contributed by atoms with Gasteiger partial charge in [0.25, 0.3) is 5.69 Å². The van der Waals surface area contributed by atoms with E-state index in [1.807, 2.05) is 0 Å². The van der Waals surface area contributed by atoms with Crippen molar-refractivity contribution >= 4 is 40.6 Å². The highest BCUT2D eigenvalue weighted by atomic mass is 35.5. The van der Waals surface area contributed by atoms with Crippen molar-refractivity contribution in [1.82, 2.24) is 0 Å². The molecule has 0 heterocycles. The average molecular weight is 367 g/mol. The average Bonchev–Trinajstić information content (AvgIpc) is 2.56. The smallest absolute Gasteiger partial charge is 0.284 e. The lowest BCUT2D eigenvalue weighted by Crippen LogP contribution is -2.12. The Morgan fingerprint density at radius 1 is 1.29 bits per heavy atom. The van der Waals surface area contributed by atoms with Gasteiger partial charge >= 0.3 is 0 Å². The minimum Gasteiger partial charge on any atom is -0.495 e. The monoisotopic (exact) mass is 366 g/mol. The van der Waals surface area contributed by atoms with E-state index in [-0.39, 0.29) is 18.0 Å². The molecule has 0 saturated heterocycles. The van der Waals surface area contributed by atoms with E-state index in [4.69, 9.17) is 16.3 Å². The number of ether oxygens (including phenoxy) is 1. The van der Waals surface area contributed by atoms with Crippen LogP contribution in [0.15, 0.2) is 47.4 Å². The summed E-state index contributed by atoms with van der Waals surface area (Å²) in [5.74, 6) is 0.730. The van der Waals surface area contributed by atoms with Crippen LogP contribution in [0, 0.1) is 10.1 Å². The number of rotatable bonds is 7. The molecule has 1 N–H and O–H groups in total. The maximum Gasteiger partial charge on any atom is 0.284 e. The number of carbonyl (C=O) groups excluding carboxylic acids is 1. The zero-order chi connectivity index (χ0) is 17.5. The predicted octanol–water partition coefficient (Wildman–Crippen LogP) is 4.38. The Kier molecular flexibility index (Phi) is 6.45. The van der Waals surface area contributed by atoms with Crippen LogP contribution in [-0.2, 0) is 4.79 Å². The van der Waals surface area contributed by atoms with E-state index in [0.29, 0.717) is 27.1 Å². The summed E-state index contributed by atoms with van der Waals surface area (Å²) in [5.41, 5.74) is 0.524. The number of nitrogens with one attached hydrogen (secondary N) is 1. The first-order valence-corrected chi connectivity index (χ1v) is 8.38. The zero-order valence-electron chi connectivity index (χ0n) is 12.8. The van der Waals surface area contributed by atoms with Crippen molar-refractivity contribution < 1.29 is 14.5 Å². The molecule has 24 heavy (non-hydrogen) atoms. The van der Waals surface area contributed by atoms with Crippen molar-refractivity contribution in [2.45, 2.75) is 11.3 Å². The molecule has 0 aliphatic carbocycles. The highest BCUT2D eigenvalue weighted by Crippen LogP contribution is 2.35. The molecule has 0 unspecified atom stereocenters. The number of thioether (sulfide) groups is 1. The Hall–Kier alpha value is -2.25. The topological polar surface area (TPSA) is 81.5 Å². The maximum absolute atomic E-state index is 12.0. The summed E-state index contributed by atoms with van der Waals surface area (Å²) < 4.78 is 5.17. The Morgan fingerprint density at radius 2 is 2.04 bits per heavy atom. The van der Waals surface area contributed by atoms with Crippen molar-refractivity contribution in [2.75, 3.05) is 18.2 Å². The van der Waals surface area contributed by atoms with Crippen LogP contribution < -0.4 is 10.1 Å². The largest absolute Gasteiger partial charge is 0.495 e. The molecule has 0 spiro atoms. The van der Waals surface area contributed by atoms with Crippen LogP contribution in [-0.4, -0.2) is 23.7 Å². The molecular formula is C16H15ClN2O4S. The molecule has 0 atom stereocenters. The summed E-state index contributed by atoms with van der Waals surface area (Å²) in [5, 5.41) is 14.1. The lowest BCUT2D eigenvalue weighted by molar-refractivity contribution is -0.387. The van der Waals surface area contributed by atoms with Gasteiger partial charge in [0.2, 0.25) is 5.91 Å². The number of hydrogen-bond acceptors (Lipinski definition) is 5. The van der Waals surface area contributed by atoms with Crippen LogP contribution in [0.3, 0.4) is 0 Å². The van der Waals surface area contributed by atoms with E-state index in [0.717, 1.165) is 0 Å². The van der Waals surface area contributed by atoms with Gasteiger partial charge in [0.05, 0.1) is 22.7 Å². The number of para-hydroxylation sites is 2. The van der Waals surface area contributed by atoms with Crippen LogP contribution in [0.5, 0.6) is 5.75 Å². The molecular weight excluding hydrogens is 352 g/mol. The van der Waals surface area contributed by atoms with Gasteiger partial charge in [0.15, 0.2) is 0 Å². The molecule has 6 nitrogen and oxygen atoms in total. The molecule has 0 aliphatic rings. The number of nitrogens with zero attached hydrogens (tertiary/aromatic N) is 1. The van der Waals surface area contributed by atoms with E-state index in [2.05, 4.69) is 5.32 Å². The number of hydrogen-bond donors (Lipinski definition) is 1. The minimum absolute atomic E-state index is 0.0577. The molecule has 0 radical (unpaired) electrons. The van der Waals surface area contributed by atoms with Crippen LogP contribution in [0.25, 0.3) is 0 Å². The first kappa shape index (κ1) is 18.1. The summed E-state index contributed by atoms with van der Waals surface area (Å²) >= 11 is 7.20. The summed E-state index contributed by atoms with van der Waals surface area (Å²) in [6.07, 6.45) is 0.186. The highest BCUT2D eigenvalue weighted by molar-refractivity contribution is 7.99. The van der Waals surface area contributed by atoms with Crippen LogP contribution in [0.2, 0.25) is 5.02 Å². The fourth-order valence-corrected chi connectivity index (χ4v) is 3.31. The predicted molar refractivity (Wildman–Crippen MR) is 95.1 cm³/mol. The molecule has 0 saturated carbocycles. The van der Waals surface area contributed by atoms with Crippen molar-refractivity contribution in [3.05, 3.63) is 57.6 Å². The minimum atomic E-state index is -0.483. The fraction of sp³-hybridized carbons (Fsp3) is 0.188. The van der Waals surface area contributed by atoms with E-state index in [9.17, 15) is 14.9 Å². The van der Waals surface area contributed by atoms with Gasteiger partial charge < -0.3 is 10.1 Å². The van der Waals surface area contributed by atoms with Crippen LogP contribution in [0.1, 0.15) is 6.42 Å². The third-order valence-corrected chi connectivity index (χ3v) is 4.65. The van der Waals surface area contributed by atoms with E-state index in [1.165, 1.54) is 31.0 Å². The number of anilines is 1. The van der Waals surface area contributed by atoms with Gasteiger partial charge in [-0.05, 0) is 18.2 Å². The number of halogens is 1. The fourth-order valence-electron chi connectivity index (χ4n) is 1.99. The molecule has 2 aromatic carbocycles. The number of nitro benzene ring substituents is 1. The Morgan fingerprint density at radius 3 is 2.75 bits per heavy atom. The first-order valence-electron chi connectivity index (χ1n) is 7.01. The molecule has 0 aliphatic heterocycles. The molecule has 8 heteroatoms. The number of carbonyl (C=O) groups is 1. The standard InChI is InChI=1S/C16H15ClN2O4S/c1-23-14-8-3-2-6-12(14)18-15(20)9-10-24-16-11(17)5-4-7-13(16)19(21)22/h2-8H,9-10H2,1H3,(H,18,20). The van der Waals surface area contributed by atoms with Crippen LogP contribution in [0.4, 0.5) is 11.4 Å². The summed E-state index contributed by atoms with van der Waals surface area (Å²) in [6.45, 7) is 0. The van der Waals surface area contributed by atoms with Gasteiger partial charge in [-0.3, -0.25) is 14.9 Å². The molecule has 0 aromatic heterocycles. The third-order valence-electron chi connectivity index (χ3n) is 3.10. The quantitative estimate of drug-likeness (QED) is 0.447. The van der Waals surface area contributed by atoms with Gasteiger partial charge in [0.1, 0.15) is 10.6 Å². The second-order valence-electron chi connectivity index (χ2n) is 4.69. The summed E-state index contributed by atoms with van der Waals surface area (Å²) in [4.78, 5) is 22.9. The third kappa shape index (κ3) is 4.62. The highest BCUT2D eigenvalue weighted by Gasteiger charge is 2.17. The molecule has 1 amide bonds. The Bertz CT molecular complexity index is 755. The maximum atomic E-state index is 12.0. The molecule has 0 fully saturated rings. The van der Waals surface area contributed by atoms with Crippen molar-refractivity contribution in [2.24, 2.45) is 0 Å². The number of benzene rings is 2. The van der Waals surface area contributed by atoms with Gasteiger partial charge in [-0.2, -0.15) is 0 Å². The zero-order valence-corrected chi connectivity index (χ0v) is 14.4. The second-order valence-corrected chi connectivity index (χ2v) is 6.20. The normalized spacial score (nSPS) is 10.2. The van der Waals surface area contributed by atoms with Gasteiger partial charge in [-0.15, -0.1) is 11.8 Å². The van der Waals surface area contributed by atoms with Crippen LogP contribution >= 0.6 is 23.4 Å². The van der Waals surface area contributed by atoms with Crippen molar-refractivity contribution in [3.8, 4) is 5.75 Å².